The van der Waals surface area contributed by atoms with Crippen LogP contribution in [-0.4, -0.2) is 56.1 Å². The van der Waals surface area contributed by atoms with Gasteiger partial charge < -0.3 is 30.1 Å². The molecule has 10 heteroatoms. The first-order valence-electron chi connectivity index (χ1n) is 15.7. The molecule has 4 aliphatic rings. The van der Waals surface area contributed by atoms with Crippen LogP contribution in [0.4, 0.5) is 0 Å². The summed E-state index contributed by atoms with van der Waals surface area (Å²) in [7, 11) is 2.67. The van der Waals surface area contributed by atoms with Crippen molar-refractivity contribution < 1.29 is 40.6 Å². The molecule has 1 aliphatic carbocycles. The predicted octanol–water partition coefficient (Wildman–Crippen LogP) is 2.23. The van der Waals surface area contributed by atoms with E-state index in [4.69, 9.17) is 30.1 Å². The van der Waals surface area contributed by atoms with Gasteiger partial charge in [-0.2, -0.15) is 0 Å². The number of nitrogens with zero attached hydrogens (tertiary/aromatic N) is 4. The molecule has 0 aromatic carbocycles. The summed E-state index contributed by atoms with van der Waals surface area (Å²) in [5.74, 6) is -2.58. The average molecular weight is 668 g/mol. The average Bonchev–Trinajstić information content (AvgIpc) is 3.76. The van der Waals surface area contributed by atoms with Crippen LogP contribution in [0.1, 0.15) is 67.1 Å². The number of carbonyl (C=O) groups excluding carboxylic acids is 3. The monoisotopic (exact) mass is 667 g/mol. The Morgan fingerprint density at radius 2 is 1.65 bits per heavy atom. The van der Waals surface area contributed by atoms with E-state index in [0.29, 0.717) is 28.3 Å². The first kappa shape index (κ1) is 33.9. The van der Waals surface area contributed by atoms with Gasteiger partial charge in [0.15, 0.2) is 5.78 Å². The Kier molecular flexibility index (Phi) is 9.57. The van der Waals surface area contributed by atoms with Crippen molar-refractivity contribution in [3.05, 3.63) is 72.0 Å². The third-order valence-electron chi connectivity index (χ3n) is 10.4. The molecule has 9 nitrogen and oxygen atoms in total. The minimum atomic E-state index is -1.14. The van der Waals surface area contributed by atoms with E-state index < -0.39 is 17.9 Å². The van der Waals surface area contributed by atoms with E-state index in [1.165, 1.54) is 25.4 Å². The van der Waals surface area contributed by atoms with Crippen LogP contribution in [0.2, 0.25) is 0 Å². The minimum absolute atomic E-state index is 0. The van der Waals surface area contributed by atoms with Crippen LogP contribution in [0.25, 0.3) is 40.5 Å². The van der Waals surface area contributed by atoms with Crippen LogP contribution in [0.15, 0.2) is 17.7 Å². The van der Waals surface area contributed by atoms with Gasteiger partial charge in [-0.1, -0.05) is 78.3 Å². The van der Waals surface area contributed by atoms with Gasteiger partial charge in [0.25, 0.3) is 0 Å². The summed E-state index contributed by atoms with van der Waals surface area (Å²) in [6, 6.07) is -1.20. The van der Waals surface area contributed by atoms with Crippen molar-refractivity contribution in [3.8, 4) is 0 Å². The fourth-order valence-electron chi connectivity index (χ4n) is 7.82. The Balaban J connectivity index is 0.00000417. The van der Waals surface area contributed by atoms with Crippen molar-refractivity contribution in [2.75, 3.05) is 14.2 Å². The van der Waals surface area contributed by atoms with Gasteiger partial charge in [0.05, 0.1) is 14.2 Å². The van der Waals surface area contributed by atoms with Gasteiger partial charge in [-0.3, -0.25) is 14.4 Å². The van der Waals surface area contributed by atoms with E-state index in [9.17, 15) is 14.4 Å². The van der Waals surface area contributed by atoms with Gasteiger partial charge in [0.2, 0.25) is 0 Å². The van der Waals surface area contributed by atoms with Crippen LogP contribution in [0.5, 0.6) is 0 Å². The van der Waals surface area contributed by atoms with Gasteiger partial charge in [-0.05, 0) is 39.2 Å². The molecule has 7 unspecified atom stereocenters. The molecule has 8 bridgehead atoms. The van der Waals surface area contributed by atoms with E-state index in [0.717, 1.165) is 33.8 Å². The van der Waals surface area contributed by atoms with Crippen molar-refractivity contribution in [3.63, 3.8) is 0 Å². The minimum Gasteiger partial charge on any atom is -0.658 e. The maximum atomic E-state index is 14.1. The second kappa shape index (κ2) is 13.0. The Labute approximate surface area is 279 Å². The molecule has 1 saturated heterocycles. The number of hydrogen-bond donors (Lipinski definition) is 0. The molecule has 46 heavy (non-hydrogen) atoms. The number of esters is 2. The van der Waals surface area contributed by atoms with E-state index in [2.05, 4.69) is 39.5 Å². The maximum Gasteiger partial charge on any atom is 0.320 e. The van der Waals surface area contributed by atoms with Gasteiger partial charge >= 0.3 is 11.9 Å². The van der Waals surface area contributed by atoms with Crippen molar-refractivity contribution in [1.82, 2.24) is 9.97 Å². The first-order valence-corrected chi connectivity index (χ1v) is 15.7. The molecule has 5 heterocycles. The normalized spacial score (nSPS) is 30.1. The Hall–Kier alpha value is -3.44. The number of Topliss-reactive ketones (excluding diaryl/α,β-unsaturated/α-hetero) is 1. The third kappa shape index (κ3) is 5.29. The molecule has 7 atom stereocenters. The number of methoxy groups -OCH3 is 2. The van der Waals surface area contributed by atoms with Gasteiger partial charge in [0.1, 0.15) is 5.92 Å². The molecule has 0 amide bonds. The van der Waals surface area contributed by atoms with Crippen LogP contribution in [0, 0.1) is 31.6 Å². The Bertz CT molecular complexity index is 1900. The number of rotatable bonds is 6. The van der Waals surface area contributed by atoms with Crippen LogP contribution >= 0.6 is 0 Å². The molecule has 1 fully saturated rings. The Morgan fingerprint density at radius 3 is 2.30 bits per heavy atom. The van der Waals surface area contributed by atoms with Crippen LogP contribution in [0.3, 0.4) is 0 Å². The molecular formula is C36H40CoN4O5-4. The summed E-state index contributed by atoms with van der Waals surface area (Å²) in [4.78, 5) is 49.8. The third-order valence-corrected chi connectivity index (χ3v) is 10.4. The van der Waals surface area contributed by atoms with Gasteiger partial charge in [-0.15, -0.1) is 51.7 Å². The smallest absolute Gasteiger partial charge is 0.320 e. The summed E-state index contributed by atoms with van der Waals surface area (Å²) < 4.78 is 10.2. The number of hydrogen-bond acceptors (Lipinski definition) is 5. The first-order chi connectivity index (χ1) is 21.5. The summed E-state index contributed by atoms with van der Waals surface area (Å²) in [6.07, 6.45) is 9.56. The second-order valence-corrected chi connectivity index (χ2v) is 12.6. The van der Waals surface area contributed by atoms with Gasteiger partial charge in [0, 0.05) is 28.8 Å². The SMILES string of the molecule is C=Cc1c(C)/c2[n-]/c1=C\C1[N-]C(/C=c3\[n-]c4c(c3C)C(=O)C(C(=O)OC)C=4C3[N-]C(\C=2)C(C)C3CCC(=O)OC)C(CC)=C1C.[Co]. The topological polar surface area (TPSA) is 126 Å². The Morgan fingerprint density at radius 1 is 0.957 bits per heavy atom. The maximum absolute atomic E-state index is 14.1. The number of ether oxygens (including phenoxy) is 2. The zero-order chi connectivity index (χ0) is 32.3. The molecule has 0 saturated carbocycles. The molecule has 2 aromatic heterocycles. The molecule has 1 radical (unpaired) electrons. The quantitative estimate of drug-likeness (QED) is 0.263. The summed E-state index contributed by atoms with van der Waals surface area (Å²) in [6.45, 7) is 14.4. The second-order valence-electron chi connectivity index (χ2n) is 12.6. The molecular weight excluding hydrogens is 627 g/mol. The number of carbonyl (C=O) groups is 3. The summed E-state index contributed by atoms with van der Waals surface area (Å²) in [5.41, 5.74) is 6.11. The number of fused-ring (bicyclic) bond motifs is 8. The standard InChI is InChI=1S/C36H40N4O5.Co/c1-9-20-16(3)23-13-25-18(5)22(11-12-29(41)44-7)33(39-25)31-32(36(43)45-8)35(42)30-19(6)26(40-34(30)31)15-28-21(10-2)17(4)24(38-28)14-27(20)37-23;/h9,13-15,18,22,24-25,28,32-33H,1,10-12H2,2-8H3;/q-4;/b23-13-,26-15-,27-14-;. The zero-order valence-corrected chi connectivity index (χ0v) is 28.4. The van der Waals surface area contributed by atoms with Crippen LogP contribution < -0.4 is 31.4 Å². The van der Waals surface area contributed by atoms with Crippen molar-refractivity contribution in [2.24, 2.45) is 17.8 Å². The molecule has 0 N–H and O–H groups in total. The van der Waals surface area contributed by atoms with Gasteiger partial charge in [-0.25, -0.2) is 0 Å². The molecule has 247 valence electrons. The predicted molar refractivity (Wildman–Crippen MR) is 173 cm³/mol. The summed E-state index contributed by atoms with van der Waals surface area (Å²) >= 11 is 0. The van der Waals surface area contributed by atoms with Crippen molar-refractivity contribution >= 4 is 47.6 Å². The van der Waals surface area contributed by atoms with E-state index in [-0.39, 0.29) is 64.9 Å². The largest absolute Gasteiger partial charge is 0.658 e. The molecule has 3 aliphatic heterocycles. The van der Waals surface area contributed by atoms with E-state index in [1.807, 2.05) is 26.0 Å². The summed E-state index contributed by atoms with van der Waals surface area (Å²) in [5, 5.41) is 13.3. The molecule has 2 aromatic rings. The fourth-order valence-corrected chi connectivity index (χ4v) is 7.82. The van der Waals surface area contributed by atoms with Crippen LogP contribution in [-0.2, 0) is 35.8 Å². The molecule has 6 rings (SSSR count). The number of ketones is 1. The fraction of sp³-hybridized carbons (Fsp3) is 0.472. The molecule has 0 spiro atoms. The van der Waals surface area contributed by atoms with E-state index >= 15 is 0 Å². The van der Waals surface area contributed by atoms with Crippen molar-refractivity contribution in [1.29, 1.82) is 0 Å². The van der Waals surface area contributed by atoms with E-state index in [1.54, 1.807) is 0 Å². The zero-order valence-electron chi connectivity index (χ0n) is 27.3. The number of aromatic nitrogens is 2. The van der Waals surface area contributed by atoms with Crippen molar-refractivity contribution in [2.45, 2.75) is 78.0 Å².